The van der Waals surface area contributed by atoms with Crippen molar-refractivity contribution >= 4 is 62.6 Å². The Hall–Kier alpha value is -4.80. The van der Waals surface area contributed by atoms with Crippen LogP contribution in [0.1, 0.15) is 75.2 Å². The molecule has 51 heavy (non-hydrogen) atoms. The first-order valence-corrected chi connectivity index (χ1v) is 17.9. The second-order valence-electron chi connectivity index (χ2n) is 13.5. The average Bonchev–Trinajstić information content (AvgIpc) is 3.74. The number of amides is 1. The number of ether oxygens (including phenoxy) is 1. The topological polar surface area (TPSA) is 107 Å². The molecule has 6 aromatic rings. The quantitative estimate of drug-likeness (QED) is 0.149. The van der Waals surface area contributed by atoms with Crippen LogP contribution in [0, 0.1) is 27.7 Å². The van der Waals surface area contributed by atoms with Gasteiger partial charge in [0.05, 0.1) is 40.1 Å². The largest absolute Gasteiger partial charge is 0.494 e. The number of carboxylic acids is 1. The van der Waals surface area contributed by atoms with E-state index in [0.29, 0.717) is 59.8 Å². The molecule has 12 heteroatoms. The fraction of sp³-hybridized carbons (Fsp3) is 0.333. The lowest BCUT2D eigenvalue weighted by Crippen LogP contribution is -2.42. The molecule has 1 aliphatic heterocycles. The molecule has 1 unspecified atom stereocenters. The van der Waals surface area contributed by atoms with Gasteiger partial charge in [0.2, 0.25) is 0 Å². The number of carbonyl (C=O) groups is 2. The van der Waals surface area contributed by atoms with Crippen LogP contribution in [0.15, 0.2) is 42.6 Å². The molecule has 0 radical (unpaired) electrons. The number of nitrogens with zero attached hydrogens (tertiary/aromatic N) is 6. The molecule has 3 aromatic heterocycles. The molecule has 1 aliphatic rings. The molecule has 1 atom stereocenters. The van der Waals surface area contributed by atoms with Crippen molar-refractivity contribution in [2.75, 3.05) is 18.1 Å². The Bertz CT molecular complexity index is 2380. The van der Waals surface area contributed by atoms with Crippen LogP contribution in [0.2, 0.25) is 10.0 Å². The molecular weight excluding hydrogens is 687 g/mol. The van der Waals surface area contributed by atoms with Gasteiger partial charge in [0, 0.05) is 64.5 Å². The number of aromatic carboxylic acids is 1. The first-order chi connectivity index (χ1) is 24.3. The predicted molar refractivity (Wildman–Crippen MR) is 202 cm³/mol. The standard InChI is InChI=1S/C39H40Cl2N6O4/c1-8-46-32-17-25(16-29(39(49)50)30(32)18-42-46)45-19-22(4)47-36-28(11-12-31(40)34(36)33-23(5)43-44(7)24(33)6)27(37(47)38(45)48)10-9-13-51-26-14-20(2)35(41)21(3)15-26/h11-12,14-18,22H,8-10,13,19H2,1-7H3,(H,49,50). The van der Waals surface area contributed by atoms with E-state index in [1.807, 2.05) is 76.7 Å². The molecule has 0 aliphatic carbocycles. The smallest absolute Gasteiger partial charge is 0.336 e. The molecule has 0 fully saturated rings. The number of aromatic nitrogens is 5. The minimum atomic E-state index is -1.07. The Labute approximate surface area is 306 Å². The highest BCUT2D eigenvalue weighted by atomic mass is 35.5. The number of fused-ring (bicyclic) bond motifs is 4. The summed E-state index contributed by atoms with van der Waals surface area (Å²) in [5.41, 5.74) is 9.17. The van der Waals surface area contributed by atoms with Crippen molar-refractivity contribution in [2.45, 2.75) is 67.0 Å². The van der Waals surface area contributed by atoms with Gasteiger partial charge in [0.1, 0.15) is 11.4 Å². The fourth-order valence-electron chi connectivity index (χ4n) is 7.70. The van der Waals surface area contributed by atoms with Crippen molar-refractivity contribution in [1.29, 1.82) is 0 Å². The van der Waals surface area contributed by atoms with E-state index >= 15 is 0 Å². The lowest BCUT2D eigenvalue weighted by molar-refractivity contribution is 0.0698. The van der Waals surface area contributed by atoms with Crippen molar-refractivity contribution in [3.63, 3.8) is 0 Å². The Balaban J connectivity index is 1.38. The molecular formula is C39H40Cl2N6O4. The molecule has 264 valence electrons. The highest BCUT2D eigenvalue weighted by molar-refractivity contribution is 6.35. The van der Waals surface area contributed by atoms with Crippen molar-refractivity contribution in [1.82, 2.24) is 24.1 Å². The number of carbonyl (C=O) groups excluding carboxylic acids is 1. The van der Waals surface area contributed by atoms with Crippen LogP contribution < -0.4 is 9.64 Å². The maximum atomic E-state index is 14.9. The predicted octanol–water partition coefficient (Wildman–Crippen LogP) is 8.88. The van der Waals surface area contributed by atoms with Crippen LogP contribution in [-0.2, 0) is 20.0 Å². The van der Waals surface area contributed by atoms with Crippen LogP contribution in [-0.4, -0.2) is 54.3 Å². The van der Waals surface area contributed by atoms with Crippen molar-refractivity contribution < 1.29 is 19.4 Å². The van der Waals surface area contributed by atoms with E-state index in [4.69, 9.17) is 33.0 Å². The number of carboxylic acid groups (broad SMARTS) is 1. The molecule has 0 bridgehead atoms. The summed E-state index contributed by atoms with van der Waals surface area (Å²) < 4.78 is 11.9. The van der Waals surface area contributed by atoms with E-state index in [9.17, 15) is 14.7 Å². The number of anilines is 1. The summed E-state index contributed by atoms with van der Waals surface area (Å²) in [5, 5.41) is 22.1. The summed E-state index contributed by atoms with van der Waals surface area (Å²) in [4.78, 5) is 29.1. The normalized spacial score (nSPS) is 14.6. The second-order valence-corrected chi connectivity index (χ2v) is 14.2. The Morgan fingerprint density at radius 2 is 1.76 bits per heavy atom. The molecule has 0 spiro atoms. The van der Waals surface area contributed by atoms with Crippen molar-refractivity contribution in [2.24, 2.45) is 7.05 Å². The third-order valence-corrected chi connectivity index (χ3v) is 11.1. The first-order valence-electron chi connectivity index (χ1n) is 17.1. The monoisotopic (exact) mass is 726 g/mol. The summed E-state index contributed by atoms with van der Waals surface area (Å²) in [6.07, 6.45) is 2.78. The number of aryl methyl sites for hydroxylation is 6. The number of hydrogen-bond acceptors (Lipinski definition) is 5. The van der Waals surface area contributed by atoms with Gasteiger partial charge in [-0.3, -0.25) is 14.2 Å². The number of benzene rings is 3. The fourth-order valence-corrected chi connectivity index (χ4v) is 8.05. The van der Waals surface area contributed by atoms with E-state index in [0.717, 1.165) is 60.9 Å². The molecule has 4 heterocycles. The van der Waals surface area contributed by atoms with Crippen LogP contribution >= 0.6 is 23.2 Å². The second kappa shape index (κ2) is 13.1. The third-order valence-electron chi connectivity index (χ3n) is 10.2. The molecule has 0 saturated carbocycles. The van der Waals surface area contributed by atoms with Gasteiger partial charge in [-0.15, -0.1) is 0 Å². The molecule has 0 saturated heterocycles. The lowest BCUT2D eigenvalue weighted by atomic mass is 9.98. The summed E-state index contributed by atoms with van der Waals surface area (Å²) in [7, 11) is 1.92. The van der Waals surface area contributed by atoms with Crippen LogP contribution in [0.5, 0.6) is 5.75 Å². The first kappa shape index (κ1) is 34.6. The van der Waals surface area contributed by atoms with Crippen molar-refractivity contribution in [3.8, 4) is 16.9 Å². The SMILES string of the molecule is CCn1ncc2c(C(=O)O)cc(N3CC(C)n4c(c(CCCOc5cc(C)c(Cl)c(C)c5)c5ccc(Cl)c(-c6c(C)nn(C)c6C)c54)C3=O)cc21. The summed E-state index contributed by atoms with van der Waals surface area (Å²) in [5.74, 6) is -0.525. The third kappa shape index (κ3) is 5.65. The molecule has 3 aromatic carbocycles. The maximum Gasteiger partial charge on any atom is 0.336 e. The van der Waals surface area contributed by atoms with E-state index < -0.39 is 5.97 Å². The van der Waals surface area contributed by atoms with Gasteiger partial charge >= 0.3 is 5.97 Å². The van der Waals surface area contributed by atoms with Gasteiger partial charge in [-0.2, -0.15) is 10.2 Å². The molecule has 1 N–H and O–H groups in total. The van der Waals surface area contributed by atoms with Crippen LogP contribution in [0.4, 0.5) is 5.69 Å². The Kier molecular flexibility index (Phi) is 8.88. The van der Waals surface area contributed by atoms with Gasteiger partial charge in [-0.05, 0) is 101 Å². The van der Waals surface area contributed by atoms with Gasteiger partial charge in [0.25, 0.3) is 5.91 Å². The average molecular weight is 728 g/mol. The zero-order chi connectivity index (χ0) is 36.5. The summed E-state index contributed by atoms with van der Waals surface area (Å²) in [6, 6.07) is 11.1. The van der Waals surface area contributed by atoms with Gasteiger partial charge in [-0.1, -0.05) is 29.3 Å². The highest BCUT2D eigenvalue weighted by Gasteiger charge is 2.37. The molecule has 7 rings (SSSR count). The summed E-state index contributed by atoms with van der Waals surface area (Å²) >= 11 is 13.5. The van der Waals surface area contributed by atoms with Gasteiger partial charge in [0.15, 0.2) is 0 Å². The summed E-state index contributed by atoms with van der Waals surface area (Å²) in [6.45, 7) is 13.3. The number of rotatable bonds is 9. The van der Waals surface area contributed by atoms with E-state index in [1.54, 1.807) is 21.8 Å². The zero-order valence-corrected chi connectivity index (χ0v) is 31.3. The highest BCUT2D eigenvalue weighted by Crippen LogP contribution is 2.45. The lowest BCUT2D eigenvalue weighted by Gasteiger charge is -2.34. The van der Waals surface area contributed by atoms with Gasteiger partial charge < -0.3 is 19.3 Å². The number of hydrogen-bond donors (Lipinski definition) is 1. The van der Waals surface area contributed by atoms with Crippen molar-refractivity contribution in [3.05, 3.63) is 92.0 Å². The van der Waals surface area contributed by atoms with Crippen LogP contribution in [0.25, 0.3) is 32.9 Å². The van der Waals surface area contributed by atoms with E-state index in [1.165, 1.54) is 0 Å². The zero-order valence-electron chi connectivity index (χ0n) is 29.8. The maximum absolute atomic E-state index is 14.9. The number of halogens is 2. The Morgan fingerprint density at radius 3 is 2.41 bits per heavy atom. The minimum absolute atomic E-state index is 0.107. The Morgan fingerprint density at radius 1 is 1.04 bits per heavy atom. The van der Waals surface area contributed by atoms with Crippen LogP contribution in [0.3, 0.4) is 0 Å². The molecule has 10 nitrogen and oxygen atoms in total. The van der Waals surface area contributed by atoms with E-state index in [2.05, 4.69) is 16.6 Å². The van der Waals surface area contributed by atoms with Gasteiger partial charge in [-0.25, -0.2) is 4.79 Å². The molecule has 1 amide bonds. The minimum Gasteiger partial charge on any atom is -0.494 e. The van der Waals surface area contributed by atoms with E-state index in [-0.39, 0.29) is 17.5 Å².